The Labute approximate surface area is 210 Å². The maximum Gasteiger partial charge on any atom is 0.165 e. The zero-order valence-corrected chi connectivity index (χ0v) is 23.5. The molecule has 4 nitrogen and oxygen atoms in total. The normalized spacial score (nSPS) is 20.5. The predicted molar refractivity (Wildman–Crippen MR) is 146 cm³/mol. The number of ketones is 1. The van der Waals surface area contributed by atoms with Crippen molar-refractivity contribution in [2.75, 3.05) is 51.3 Å². The Morgan fingerprint density at radius 2 is 1.65 bits per heavy atom. The van der Waals surface area contributed by atoms with E-state index in [1.54, 1.807) is 7.11 Å². The van der Waals surface area contributed by atoms with E-state index in [0.29, 0.717) is 29.8 Å². The molecule has 4 heteroatoms. The number of methoxy groups -OCH3 is 1. The van der Waals surface area contributed by atoms with Gasteiger partial charge >= 0.3 is 0 Å². The first-order chi connectivity index (χ1) is 16.1. The third-order valence-electron chi connectivity index (χ3n) is 7.42. The van der Waals surface area contributed by atoms with Crippen LogP contribution in [0.25, 0.3) is 0 Å². The number of Topliss-reactive ketones (excluding diaryl/α,β-unsaturated/α-hetero) is 1. The van der Waals surface area contributed by atoms with Crippen LogP contribution in [0.1, 0.15) is 109 Å². The summed E-state index contributed by atoms with van der Waals surface area (Å²) >= 11 is 0. The molecule has 1 aliphatic carbocycles. The summed E-state index contributed by atoms with van der Waals surface area (Å²) < 4.78 is 5.16. The molecule has 1 saturated heterocycles. The molecule has 0 atom stereocenters. The highest BCUT2D eigenvalue weighted by Crippen LogP contribution is 2.53. The number of hydrogen-bond donors (Lipinski definition) is 0. The van der Waals surface area contributed by atoms with Crippen LogP contribution in [0.2, 0.25) is 0 Å². The van der Waals surface area contributed by atoms with Gasteiger partial charge in [-0.1, -0.05) is 54.9 Å². The van der Waals surface area contributed by atoms with Crippen LogP contribution in [0, 0.1) is 10.8 Å². The summed E-state index contributed by atoms with van der Waals surface area (Å²) in [4.78, 5) is 18.0. The highest BCUT2D eigenvalue weighted by atomic mass is 16.5. The quantitative estimate of drug-likeness (QED) is 0.357. The fourth-order valence-corrected chi connectivity index (χ4v) is 6.34. The molecule has 2 aliphatic rings. The van der Waals surface area contributed by atoms with Crippen LogP contribution >= 0.6 is 0 Å². The lowest BCUT2D eigenvalue weighted by Crippen LogP contribution is -2.47. The fraction of sp³-hybridized carbons (Fsp3) is 0.767. The number of anilines is 1. The summed E-state index contributed by atoms with van der Waals surface area (Å²) in [5, 5.41) is 0. The van der Waals surface area contributed by atoms with Crippen LogP contribution in [0.3, 0.4) is 0 Å². The molecular weight excluding hydrogens is 420 g/mol. The summed E-state index contributed by atoms with van der Waals surface area (Å²) in [6, 6.07) is 6.53. The fourth-order valence-electron chi connectivity index (χ4n) is 6.34. The second kappa shape index (κ2) is 13.1. The van der Waals surface area contributed by atoms with Crippen molar-refractivity contribution in [2.45, 2.75) is 92.9 Å². The molecule has 1 heterocycles. The molecule has 0 aromatic heterocycles. The zero-order chi connectivity index (χ0) is 25.4. The maximum absolute atomic E-state index is 12.8. The number of unbranched alkanes of at least 4 members (excludes halogenated alkanes) is 1. The molecule has 0 N–H and O–H groups in total. The van der Waals surface area contributed by atoms with Gasteiger partial charge in [-0.05, 0) is 72.7 Å². The lowest BCUT2D eigenvalue weighted by Gasteiger charge is -2.46. The molecule has 34 heavy (non-hydrogen) atoms. The monoisotopic (exact) mass is 472 g/mol. The van der Waals surface area contributed by atoms with E-state index in [4.69, 9.17) is 4.74 Å². The molecule has 1 aromatic rings. The Balaban J connectivity index is 0.00000199. The van der Waals surface area contributed by atoms with Gasteiger partial charge < -0.3 is 9.64 Å². The smallest absolute Gasteiger partial charge is 0.165 e. The molecule has 1 saturated carbocycles. The molecule has 0 amide bonds. The number of ether oxygens (including phenoxy) is 1. The van der Waals surface area contributed by atoms with Gasteiger partial charge in [0, 0.05) is 51.0 Å². The topological polar surface area (TPSA) is 32.8 Å². The molecule has 1 aromatic carbocycles. The molecule has 194 valence electrons. The number of hydrogen-bond acceptors (Lipinski definition) is 4. The second-order valence-corrected chi connectivity index (χ2v) is 11.7. The van der Waals surface area contributed by atoms with Crippen molar-refractivity contribution in [1.82, 2.24) is 4.90 Å². The van der Waals surface area contributed by atoms with Crippen molar-refractivity contribution >= 4 is 11.5 Å². The Bertz CT molecular complexity index is 747. The van der Waals surface area contributed by atoms with E-state index in [0.717, 1.165) is 31.7 Å². The highest BCUT2D eigenvalue weighted by molar-refractivity contribution is 5.96. The minimum absolute atomic E-state index is 0.193. The Morgan fingerprint density at radius 1 is 1.03 bits per heavy atom. The first kappa shape index (κ1) is 28.8. The molecule has 1 aliphatic heterocycles. The van der Waals surface area contributed by atoms with E-state index in [9.17, 15) is 4.79 Å². The summed E-state index contributed by atoms with van der Waals surface area (Å²) in [5.74, 6) is 0.690. The van der Waals surface area contributed by atoms with Gasteiger partial charge in [0.1, 0.15) is 0 Å². The van der Waals surface area contributed by atoms with Gasteiger partial charge in [0.05, 0.1) is 6.61 Å². The lowest BCUT2D eigenvalue weighted by atomic mass is 9.60. The number of piperazine rings is 1. The summed E-state index contributed by atoms with van der Waals surface area (Å²) in [5.41, 5.74) is 4.25. The largest absolute Gasteiger partial charge is 0.384 e. The summed E-state index contributed by atoms with van der Waals surface area (Å²) in [6.45, 7) is 22.1. The average Bonchev–Trinajstić information content (AvgIpc) is 2.80. The molecule has 0 bridgehead atoms. The van der Waals surface area contributed by atoms with Crippen molar-refractivity contribution in [3.05, 3.63) is 29.3 Å². The van der Waals surface area contributed by atoms with Crippen LogP contribution in [0.5, 0.6) is 0 Å². The van der Waals surface area contributed by atoms with Crippen LogP contribution in [0.4, 0.5) is 5.69 Å². The molecule has 3 rings (SSSR count). The van der Waals surface area contributed by atoms with E-state index in [1.165, 1.54) is 49.9 Å². The summed E-state index contributed by atoms with van der Waals surface area (Å²) in [6.07, 6.45) is 6.64. The van der Waals surface area contributed by atoms with Gasteiger partial charge in [-0.3, -0.25) is 9.69 Å². The van der Waals surface area contributed by atoms with Gasteiger partial charge in [0.2, 0.25) is 0 Å². The van der Waals surface area contributed by atoms with E-state index in [1.807, 2.05) is 13.8 Å². The van der Waals surface area contributed by atoms with Gasteiger partial charge in [-0.2, -0.15) is 0 Å². The van der Waals surface area contributed by atoms with Gasteiger partial charge in [-0.15, -0.1) is 0 Å². The standard InChI is InChI=1S/C28H46N2O2.C2H6/c1-7-8-12-29-13-15-30(16-14-29)25-10-9-22(26(31)11-17-32-6)18-24(25)23-19-27(2,3)21-28(4,5)20-23;1-2/h9-10,18,23H,7-8,11-17,19-21H2,1-6H3;1-2H3. The highest BCUT2D eigenvalue weighted by Gasteiger charge is 2.40. The average molecular weight is 473 g/mol. The minimum Gasteiger partial charge on any atom is -0.384 e. The Morgan fingerprint density at radius 3 is 2.21 bits per heavy atom. The number of rotatable bonds is 9. The first-order valence-electron chi connectivity index (χ1n) is 13.8. The first-order valence-corrected chi connectivity index (χ1v) is 13.8. The third-order valence-corrected chi connectivity index (χ3v) is 7.42. The number of carbonyl (C=O) groups is 1. The van der Waals surface area contributed by atoms with Crippen LogP contribution < -0.4 is 4.90 Å². The zero-order valence-electron chi connectivity index (χ0n) is 23.5. The Kier molecular flexibility index (Phi) is 11.1. The number of carbonyl (C=O) groups excluding carboxylic acids is 1. The number of nitrogens with zero attached hydrogens (tertiary/aromatic N) is 2. The van der Waals surface area contributed by atoms with E-state index in [2.05, 4.69) is 62.6 Å². The Hall–Kier alpha value is -1.39. The van der Waals surface area contributed by atoms with Gasteiger partial charge in [0.15, 0.2) is 5.78 Å². The van der Waals surface area contributed by atoms with Crippen LogP contribution in [-0.4, -0.2) is 57.1 Å². The van der Waals surface area contributed by atoms with E-state index in [-0.39, 0.29) is 5.78 Å². The van der Waals surface area contributed by atoms with Gasteiger partial charge in [-0.25, -0.2) is 0 Å². The number of benzene rings is 1. The third kappa shape index (κ3) is 8.09. The van der Waals surface area contributed by atoms with Crippen molar-refractivity contribution in [3.8, 4) is 0 Å². The molecule has 0 radical (unpaired) electrons. The van der Waals surface area contributed by atoms with Gasteiger partial charge in [0.25, 0.3) is 0 Å². The van der Waals surface area contributed by atoms with Crippen molar-refractivity contribution in [3.63, 3.8) is 0 Å². The van der Waals surface area contributed by atoms with E-state index >= 15 is 0 Å². The SMILES string of the molecule is CC.CCCCN1CCN(c2ccc(C(=O)CCOC)cc2C2CC(C)(C)CC(C)(C)C2)CC1. The van der Waals surface area contributed by atoms with Crippen molar-refractivity contribution in [1.29, 1.82) is 0 Å². The van der Waals surface area contributed by atoms with Crippen LogP contribution in [-0.2, 0) is 4.74 Å². The molecule has 0 unspecified atom stereocenters. The van der Waals surface area contributed by atoms with Crippen molar-refractivity contribution < 1.29 is 9.53 Å². The molecule has 2 fully saturated rings. The van der Waals surface area contributed by atoms with Crippen molar-refractivity contribution in [2.24, 2.45) is 10.8 Å². The van der Waals surface area contributed by atoms with E-state index < -0.39 is 0 Å². The molecular formula is C30H52N2O2. The molecule has 0 spiro atoms. The predicted octanol–water partition coefficient (Wildman–Crippen LogP) is 7.17. The summed E-state index contributed by atoms with van der Waals surface area (Å²) in [7, 11) is 1.66. The maximum atomic E-state index is 12.8. The second-order valence-electron chi connectivity index (χ2n) is 11.7. The lowest BCUT2D eigenvalue weighted by molar-refractivity contribution is 0.0931. The minimum atomic E-state index is 0.193. The van der Waals surface area contributed by atoms with Crippen LogP contribution in [0.15, 0.2) is 18.2 Å².